The quantitative estimate of drug-likeness (QED) is 0.121. The monoisotopic (exact) mass is 657 g/mol. The highest BCUT2D eigenvalue weighted by molar-refractivity contribution is 9.11. The third-order valence-corrected chi connectivity index (χ3v) is 6.56. The summed E-state index contributed by atoms with van der Waals surface area (Å²) in [5, 5.41) is 13.0. The van der Waals surface area contributed by atoms with Gasteiger partial charge in [-0.2, -0.15) is 0 Å². The van der Waals surface area contributed by atoms with Crippen LogP contribution >= 0.6 is 31.9 Å². The fourth-order valence-electron chi connectivity index (χ4n) is 3.62. The highest BCUT2D eigenvalue weighted by Crippen LogP contribution is 2.36. The number of barbiturate groups is 1. The van der Waals surface area contributed by atoms with Gasteiger partial charge in [-0.1, -0.05) is 15.9 Å². The van der Waals surface area contributed by atoms with Crippen LogP contribution in [-0.2, 0) is 20.9 Å². The zero-order chi connectivity index (χ0) is 28.3. The van der Waals surface area contributed by atoms with Crippen LogP contribution in [0.3, 0.4) is 0 Å². The smallest absolute Gasteiger partial charge is 0.337 e. The van der Waals surface area contributed by atoms with E-state index in [0.717, 1.165) is 4.90 Å². The number of imide groups is 2. The molecule has 1 N–H and O–H groups in total. The first-order valence-corrected chi connectivity index (χ1v) is 12.6. The molecular weight excluding hydrogens is 642 g/mol. The molecule has 0 atom stereocenters. The molecule has 1 saturated heterocycles. The largest absolute Gasteiger partial charge is 0.487 e. The summed E-state index contributed by atoms with van der Waals surface area (Å²) in [6, 6.07) is 13.7. The molecule has 1 aliphatic rings. The molecule has 0 aromatic heterocycles. The molecule has 3 aromatic carbocycles. The van der Waals surface area contributed by atoms with E-state index in [9.17, 15) is 29.3 Å². The normalized spacial score (nSPS) is 14.3. The number of nitrogens with one attached hydrogen (secondary N) is 1. The number of hydrogen-bond donors (Lipinski definition) is 1. The second-order valence-corrected chi connectivity index (χ2v) is 9.78. The van der Waals surface area contributed by atoms with Crippen LogP contribution in [-0.4, -0.2) is 35.8 Å². The van der Waals surface area contributed by atoms with E-state index in [1.54, 1.807) is 24.3 Å². The number of ether oxygens (including phenoxy) is 2. The molecule has 0 radical (unpaired) electrons. The molecule has 39 heavy (non-hydrogen) atoms. The van der Waals surface area contributed by atoms with Crippen molar-refractivity contribution in [2.45, 2.75) is 6.61 Å². The van der Waals surface area contributed by atoms with Gasteiger partial charge in [-0.05, 0) is 76.1 Å². The molecule has 1 fully saturated rings. The Bertz CT molecular complexity index is 1540. The van der Waals surface area contributed by atoms with Gasteiger partial charge in [0.2, 0.25) is 0 Å². The number of nitrogens with zero attached hydrogens (tertiary/aromatic N) is 2. The van der Waals surface area contributed by atoms with Crippen molar-refractivity contribution in [2.75, 3.05) is 12.0 Å². The van der Waals surface area contributed by atoms with E-state index >= 15 is 0 Å². The second kappa shape index (κ2) is 11.6. The summed E-state index contributed by atoms with van der Waals surface area (Å²) in [5.41, 5.74) is 0.937. The first-order chi connectivity index (χ1) is 18.6. The van der Waals surface area contributed by atoms with Crippen molar-refractivity contribution in [3.63, 3.8) is 0 Å². The van der Waals surface area contributed by atoms with Crippen LogP contribution in [0.4, 0.5) is 16.2 Å². The molecule has 11 nitrogen and oxygen atoms in total. The minimum atomic E-state index is -0.946. The summed E-state index contributed by atoms with van der Waals surface area (Å²) < 4.78 is 11.7. The van der Waals surface area contributed by atoms with Crippen LogP contribution in [0.2, 0.25) is 0 Å². The SMILES string of the molecule is COC(=O)c1ccc(N2C(=O)NC(=O)/C(=C\c3cc(Br)cc(Br)c3OCc3ccc([N+](=O)[O-])cc3)C2=O)cc1. The summed E-state index contributed by atoms with van der Waals surface area (Å²) in [7, 11) is 1.23. The number of halogens is 2. The van der Waals surface area contributed by atoms with Crippen molar-refractivity contribution >= 4 is 73.1 Å². The Balaban J connectivity index is 1.66. The van der Waals surface area contributed by atoms with Gasteiger partial charge in [0.25, 0.3) is 17.5 Å². The van der Waals surface area contributed by atoms with E-state index in [1.807, 2.05) is 0 Å². The third-order valence-electron chi connectivity index (χ3n) is 5.52. The molecule has 0 aliphatic carbocycles. The van der Waals surface area contributed by atoms with Gasteiger partial charge in [0.1, 0.15) is 17.9 Å². The summed E-state index contributed by atoms with van der Waals surface area (Å²) in [6.45, 7) is 0.0334. The Kier molecular flexibility index (Phi) is 8.21. The Morgan fingerprint density at radius 1 is 1.05 bits per heavy atom. The van der Waals surface area contributed by atoms with E-state index in [2.05, 4.69) is 41.9 Å². The summed E-state index contributed by atoms with van der Waals surface area (Å²) >= 11 is 6.79. The summed E-state index contributed by atoms with van der Waals surface area (Å²) in [5.74, 6) is -2.08. The van der Waals surface area contributed by atoms with E-state index in [4.69, 9.17) is 4.74 Å². The molecule has 4 rings (SSSR count). The Labute approximate surface area is 237 Å². The predicted octanol–water partition coefficient (Wildman–Crippen LogP) is 5.15. The average molecular weight is 659 g/mol. The van der Waals surface area contributed by atoms with Crippen LogP contribution in [0.1, 0.15) is 21.5 Å². The van der Waals surface area contributed by atoms with E-state index in [1.165, 1.54) is 49.6 Å². The van der Waals surface area contributed by atoms with Crippen LogP contribution < -0.4 is 15.0 Å². The van der Waals surface area contributed by atoms with Gasteiger partial charge in [-0.25, -0.2) is 14.5 Å². The fourth-order valence-corrected chi connectivity index (χ4v) is 4.99. The predicted molar refractivity (Wildman–Crippen MR) is 146 cm³/mol. The van der Waals surface area contributed by atoms with Crippen LogP contribution in [0.5, 0.6) is 5.75 Å². The number of non-ortho nitro benzene ring substituents is 1. The molecule has 0 bridgehead atoms. The van der Waals surface area contributed by atoms with E-state index in [-0.39, 0.29) is 34.9 Å². The molecule has 198 valence electrons. The van der Waals surface area contributed by atoms with Gasteiger partial charge in [0, 0.05) is 22.2 Å². The number of esters is 1. The fraction of sp³-hybridized carbons (Fsp3) is 0.0769. The number of carbonyl (C=O) groups is 4. The van der Waals surface area contributed by atoms with Crippen LogP contribution in [0, 0.1) is 10.1 Å². The van der Waals surface area contributed by atoms with Crippen molar-refractivity contribution in [3.8, 4) is 5.75 Å². The standard InChI is InChI=1S/C26H17Br2N3O8/c1-38-25(34)15-4-8-18(9-5-15)30-24(33)20(23(32)29-26(30)35)11-16-10-17(27)12-21(28)22(16)39-13-14-2-6-19(7-3-14)31(36)37/h2-12H,13H2,1H3,(H,29,32,35)/b20-11+. The van der Waals surface area contributed by atoms with Gasteiger partial charge in [-0.15, -0.1) is 0 Å². The maximum absolute atomic E-state index is 13.3. The summed E-state index contributed by atoms with van der Waals surface area (Å²) in [6.07, 6.45) is 1.29. The lowest BCUT2D eigenvalue weighted by molar-refractivity contribution is -0.384. The Morgan fingerprint density at radius 3 is 2.33 bits per heavy atom. The van der Waals surface area contributed by atoms with Crippen LogP contribution in [0.15, 0.2) is 75.2 Å². The number of urea groups is 1. The number of anilines is 1. The molecule has 1 heterocycles. The first kappa shape index (κ1) is 27.7. The number of nitro benzene ring substituents is 1. The molecule has 13 heteroatoms. The molecule has 0 spiro atoms. The zero-order valence-corrected chi connectivity index (χ0v) is 23.1. The maximum Gasteiger partial charge on any atom is 0.337 e. The molecular formula is C26H17Br2N3O8. The highest BCUT2D eigenvalue weighted by atomic mass is 79.9. The molecule has 4 amide bonds. The minimum Gasteiger partial charge on any atom is -0.487 e. The van der Waals surface area contributed by atoms with Crippen molar-refractivity contribution in [2.24, 2.45) is 0 Å². The lowest BCUT2D eigenvalue weighted by Gasteiger charge is -2.26. The molecule has 1 aliphatic heterocycles. The van der Waals surface area contributed by atoms with Gasteiger partial charge < -0.3 is 9.47 Å². The lowest BCUT2D eigenvalue weighted by Crippen LogP contribution is -2.54. The molecule has 0 saturated carbocycles. The minimum absolute atomic E-state index is 0.0334. The number of carbonyl (C=O) groups excluding carboxylic acids is 4. The number of benzene rings is 3. The van der Waals surface area contributed by atoms with E-state index < -0.39 is 28.7 Å². The second-order valence-electron chi connectivity index (χ2n) is 8.01. The van der Waals surface area contributed by atoms with Gasteiger partial charge >= 0.3 is 12.0 Å². The molecule has 0 unspecified atom stereocenters. The van der Waals surface area contributed by atoms with Gasteiger partial charge in [0.05, 0.1) is 27.8 Å². The summed E-state index contributed by atoms with van der Waals surface area (Å²) in [4.78, 5) is 61.5. The first-order valence-electron chi connectivity index (χ1n) is 11.0. The topological polar surface area (TPSA) is 145 Å². The average Bonchev–Trinajstić information content (AvgIpc) is 2.90. The van der Waals surface area contributed by atoms with Crippen molar-refractivity contribution in [1.29, 1.82) is 0 Å². The maximum atomic E-state index is 13.3. The van der Waals surface area contributed by atoms with Crippen LogP contribution in [0.25, 0.3) is 6.08 Å². The van der Waals surface area contributed by atoms with Crippen molar-refractivity contribution in [3.05, 3.63) is 102 Å². The van der Waals surface area contributed by atoms with Crippen molar-refractivity contribution in [1.82, 2.24) is 5.32 Å². The number of methoxy groups -OCH3 is 1. The van der Waals surface area contributed by atoms with Gasteiger partial charge in [0.15, 0.2) is 0 Å². The third kappa shape index (κ3) is 6.04. The van der Waals surface area contributed by atoms with E-state index in [0.29, 0.717) is 20.1 Å². The number of amides is 4. The molecule has 3 aromatic rings. The highest BCUT2D eigenvalue weighted by Gasteiger charge is 2.37. The van der Waals surface area contributed by atoms with Gasteiger partial charge in [-0.3, -0.25) is 25.0 Å². The zero-order valence-electron chi connectivity index (χ0n) is 20.0. The lowest BCUT2D eigenvalue weighted by atomic mass is 10.1. The number of rotatable bonds is 7. The number of hydrogen-bond acceptors (Lipinski definition) is 8. The Hall–Kier alpha value is -4.36. The number of nitro groups is 1. The van der Waals surface area contributed by atoms with Crippen molar-refractivity contribution < 1.29 is 33.6 Å². The Morgan fingerprint density at radius 2 is 1.72 bits per heavy atom.